The van der Waals surface area contributed by atoms with Crippen molar-refractivity contribution in [2.75, 3.05) is 32.8 Å². The van der Waals surface area contributed by atoms with E-state index in [1.54, 1.807) is 0 Å². The molecule has 0 aliphatic carbocycles. The molecule has 3 aliphatic rings. The standard InChI is InChI=1S/C15H28N2O/c1-3-13-10-16-8-4-6-14(16)11-17(13)15(2)7-5-9-18-12-15/h13-14H,3-12H2,1-2H3. The average Bonchev–Trinajstić information content (AvgIpc) is 2.85. The second-order valence-electron chi connectivity index (χ2n) is 6.66. The molecule has 3 unspecified atom stereocenters. The van der Waals surface area contributed by atoms with Crippen molar-refractivity contribution >= 4 is 0 Å². The van der Waals surface area contributed by atoms with Crippen molar-refractivity contribution in [3.63, 3.8) is 0 Å². The van der Waals surface area contributed by atoms with E-state index in [4.69, 9.17) is 4.74 Å². The van der Waals surface area contributed by atoms with Gasteiger partial charge in [-0.1, -0.05) is 6.92 Å². The number of nitrogens with zero attached hydrogens (tertiary/aromatic N) is 2. The molecule has 3 fully saturated rings. The Bertz CT molecular complexity index is 288. The fourth-order valence-electron chi connectivity index (χ4n) is 4.24. The van der Waals surface area contributed by atoms with Crippen LogP contribution in [-0.2, 0) is 4.74 Å². The summed E-state index contributed by atoms with van der Waals surface area (Å²) in [6, 6.07) is 1.57. The lowest BCUT2D eigenvalue weighted by Crippen LogP contribution is -2.65. The molecule has 0 bridgehead atoms. The van der Waals surface area contributed by atoms with Crippen LogP contribution in [0, 0.1) is 0 Å². The van der Waals surface area contributed by atoms with Gasteiger partial charge in [-0.25, -0.2) is 0 Å². The van der Waals surface area contributed by atoms with Gasteiger partial charge in [-0.2, -0.15) is 0 Å². The van der Waals surface area contributed by atoms with Crippen molar-refractivity contribution in [3.8, 4) is 0 Å². The Morgan fingerprint density at radius 3 is 2.89 bits per heavy atom. The molecule has 0 aromatic heterocycles. The Kier molecular flexibility index (Phi) is 3.65. The fraction of sp³-hybridized carbons (Fsp3) is 1.00. The summed E-state index contributed by atoms with van der Waals surface area (Å²) in [5, 5.41) is 0. The van der Waals surface area contributed by atoms with E-state index in [0.29, 0.717) is 5.54 Å². The molecule has 3 heterocycles. The second kappa shape index (κ2) is 5.10. The van der Waals surface area contributed by atoms with Gasteiger partial charge in [0.15, 0.2) is 0 Å². The Balaban J connectivity index is 1.75. The van der Waals surface area contributed by atoms with Crippen LogP contribution in [0.5, 0.6) is 0 Å². The molecule has 3 heteroatoms. The van der Waals surface area contributed by atoms with Gasteiger partial charge in [-0.05, 0) is 45.6 Å². The van der Waals surface area contributed by atoms with Crippen LogP contribution in [0.15, 0.2) is 0 Å². The topological polar surface area (TPSA) is 15.7 Å². The maximum Gasteiger partial charge on any atom is 0.0647 e. The normalized spacial score (nSPS) is 43.0. The number of rotatable bonds is 2. The highest BCUT2D eigenvalue weighted by Crippen LogP contribution is 2.34. The quantitative estimate of drug-likeness (QED) is 0.748. The molecule has 3 atom stereocenters. The van der Waals surface area contributed by atoms with Crippen LogP contribution in [0.3, 0.4) is 0 Å². The molecular formula is C15H28N2O. The molecule has 3 aliphatic heterocycles. The predicted octanol–water partition coefficient (Wildman–Crippen LogP) is 2.11. The summed E-state index contributed by atoms with van der Waals surface area (Å²) in [6.07, 6.45) is 6.64. The first-order valence-electron chi connectivity index (χ1n) is 7.81. The van der Waals surface area contributed by atoms with Crippen LogP contribution >= 0.6 is 0 Å². The van der Waals surface area contributed by atoms with Crippen molar-refractivity contribution < 1.29 is 4.74 Å². The molecule has 0 amide bonds. The lowest BCUT2D eigenvalue weighted by Gasteiger charge is -2.53. The molecule has 0 N–H and O–H groups in total. The summed E-state index contributed by atoms with van der Waals surface area (Å²) in [5.41, 5.74) is 0.299. The zero-order valence-electron chi connectivity index (χ0n) is 12.0. The first-order valence-corrected chi connectivity index (χ1v) is 7.81. The third kappa shape index (κ3) is 2.21. The summed E-state index contributed by atoms with van der Waals surface area (Å²) in [4.78, 5) is 5.54. The largest absolute Gasteiger partial charge is 0.380 e. The molecule has 0 saturated carbocycles. The summed E-state index contributed by atoms with van der Waals surface area (Å²) in [5.74, 6) is 0. The highest BCUT2D eigenvalue weighted by atomic mass is 16.5. The molecular weight excluding hydrogens is 224 g/mol. The molecule has 0 aromatic rings. The van der Waals surface area contributed by atoms with E-state index in [1.807, 2.05) is 0 Å². The zero-order chi connectivity index (χ0) is 12.6. The first-order chi connectivity index (χ1) is 8.73. The van der Waals surface area contributed by atoms with E-state index in [0.717, 1.165) is 25.3 Å². The van der Waals surface area contributed by atoms with Crippen molar-refractivity contribution in [2.24, 2.45) is 0 Å². The Morgan fingerprint density at radius 2 is 2.17 bits per heavy atom. The van der Waals surface area contributed by atoms with E-state index in [2.05, 4.69) is 23.6 Å². The van der Waals surface area contributed by atoms with E-state index in [-0.39, 0.29) is 0 Å². The van der Waals surface area contributed by atoms with Gasteiger partial charge >= 0.3 is 0 Å². The molecule has 104 valence electrons. The van der Waals surface area contributed by atoms with Gasteiger partial charge in [-0.3, -0.25) is 9.80 Å². The minimum Gasteiger partial charge on any atom is -0.380 e. The van der Waals surface area contributed by atoms with E-state index < -0.39 is 0 Å². The highest BCUT2D eigenvalue weighted by molar-refractivity contribution is 4.99. The predicted molar refractivity (Wildman–Crippen MR) is 73.8 cm³/mol. The minimum absolute atomic E-state index is 0.299. The summed E-state index contributed by atoms with van der Waals surface area (Å²) >= 11 is 0. The Labute approximate surface area is 111 Å². The van der Waals surface area contributed by atoms with Gasteiger partial charge in [0.25, 0.3) is 0 Å². The van der Waals surface area contributed by atoms with Crippen LogP contribution in [0.2, 0.25) is 0 Å². The Hall–Kier alpha value is -0.120. The molecule has 18 heavy (non-hydrogen) atoms. The second-order valence-corrected chi connectivity index (χ2v) is 6.66. The number of fused-ring (bicyclic) bond motifs is 1. The number of piperazine rings is 1. The molecule has 3 nitrogen and oxygen atoms in total. The van der Waals surface area contributed by atoms with Crippen LogP contribution in [-0.4, -0.2) is 60.3 Å². The lowest BCUT2D eigenvalue weighted by molar-refractivity contribution is -0.0895. The smallest absolute Gasteiger partial charge is 0.0647 e. The number of ether oxygens (including phenoxy) is 1. The third-order valence-corrected chi connectivity index (χ3v) is 5.37. The van der Waals surface area contributed by atoms with Crippen molar-refractivity contribution in [3.05, 3.63) is 0 Å². The summed E-state index contributed by atoms with van der Waals surface area (Å²) in [7, 11) is 0. The SMILES string of the molecule is CCC1CN2CCCC2CN1C1(C)CCCOC1. The number of hydrogen-bond donors (Lipinski definition) is 0. The van der Waals surface area contributed by atoms with Crippen LogP contribution < -0.4 is 0 Å². The number of hydrogen-bond acceptors (Lipinski definition) is 3. The monoisotopic (exact) mass is 252 g/mol. The van der Waals surface area contributed by atoms with Crippen molar-refractivity contribution in [1.82, 2.24) is 9.80 Å². The zero-order valence-corrected chi connectivity index (χ0v) is 12.0. The lowest BCUT2D eigenvalue weighted by atomic mass is 9.88. The van der Waals surface area contributed by atoms with Crippen LogP contribution in [0.4, 0.5) is 0 Å². The van der Waals surface area contributed by atoms with Gasteiger partial charge in [0.2, 0.25) is 0 Å². The van der Waals surface area contributed by atoms with Crippen LogP contribution in [0.1, 0.15) is 46.0 Å². The summed E-state index contributed by atoms with van der Waals surface area (Å²) < 4.78 is 5.79. The van der Waals surface area contributed by atoms with Gasteiger partial charge in [0.1, 0.15) is 0 Å². The minimum atomic E-state index is 0.299. The van der Waals surface area contributed by atoms with E-state index in [1.165, 1.54) is 51.7 Å². The van der Waals surface area contributed by atoms with E-state index >= 15 is 0 Å². The Morgan fingerprint density at radius 1 is 1.28 bits per heavy atom. The molecule has 3 rings (SSSR count). The summed E-state index contributed by atoms with van der Waals surface area (Å²) in [6.45, 7) is 10.6. The maximum atomic E-state index is 5.79. The van der Waals surface area contributed by atoms with Crippen molar-refractivity contribution in [2.45, 2.75) is 63.6 Å². The molecule has 0 aromatic carbocycles. The van der Waals surface area contributed by atoms with Crippen molar-refractivity contribution in [1.29, 1.82) is 0 Å². The molecule has 3 saturated heterocycles. The van der Waals surface area contributed by atoms with Crippen LogP contribution in [0.25, 0.3) is 0 Å². The van der Waals surface area contributed by atoms with Gasteiger partial charge in [0, 0.05) is 37.3 Å². The fourth-order valence-corrected chi connectivity index (χ4v) is 4.24. The molecule has 0 spiro atoms. The van der Waals surface area contributed by atoms with Gasteiger partial charge in [-0.15, -0.1) is 0 Å². The van der Waals surface area contributed by atoms with Gasteiger partial charge in [0.05, 0.1) is 6.61 Å². The van der Waals surface area contributed by atoms with E-state index in [9.17, 15) is 0 Å². The maximum absolute atomic E-state index is 5.79. The molecule has 0 radical (unpaired) electrons. The first kappa shape index (κ1) is 12.9. The average molecular weight is 252 g/mol. The highest BCUT2D eigenvalue weighted by Gasteiger charge is 2.44. The third-order valence-electron chi connectivity index (χ3n) is 5.37. The van der Waals surface area contributed by atoms with Gasteiger partial charge < -0.3 is 4.74 Å².